The smallest absolute Gasteiger partial charge is 0.272 e. The van der Waals surface area contributed by atoms with Gasteiger partial charge in [0.1, 0.15) is 0 Å². The number of nitrogens with zero attached hydrogens (tertiary/aromatic N) is 2. The second-order valence-corrected chi connectivity index (χ2v) is 6.85. The molecule has 0 saturated carbocycles. The number of nitro groups is 1. The minimum absolute atomic E-state index is 0.0147. The molecule has 0 bridgehead atoms. The lowest BCUT2D eigenvalue weighted by Crippen LogP contribution is -3.14. The zero-order valence-corrected chi connectivity index (χ0v) is 15.7. The summed E-state index contributed by atoms with van der Waals surface area (Å²) in [6, 6.07) is 12.2. The van der Waals surface area contributed by atoms with E-state index in [2.05, 4.69) is 17.1 Å². The van der Waals surface area contributed by atoms with Gasteiger partial charge in [-0.25, -0.2) is 0 Å². The van der Waals surface area contributed by atoms with Gasteiger partial charge in [0.15, 0.2) is 0 Å². The number of amides is 1. The first-order valence-electron chi connectivity index (χ1n) is 9.23. The number of piperazine rings is 1. The average molecular weight is 369 g/mol. The van der Waals surface area contributed by atoms with E-state index in [-0.39, 0.29) is 11.6 Å². The number of carbonyl (C=O) groups is 1. The Bertz CT molecular complexity index is 828. The number of hydrogen-bond donors (Lipinski definition) is 2. The standard InChI is InChI=1S/C20H24N4O3/c1-3-22-10-12-23(13-11-22)18-7-5-17(6-8-18)21-20(25)16-4-9-19(24(26)27)15(2)14-16/h4-9,14H,3,10-13H2,1-2H3,(H,21,25)/p+1. The number of nitro benzene ring substituents is 1. The second-order valence-electron chi connectivity index (χ2n) is 6.85. The molecule has 1 aliphatic rings. The monoisotopic (exact) mass is 369 g/mol. The van der Waals surface area contributed by atoms with Crippen LogP contribution < -0.4 is 15.1 Å². The number of rotatable bonds is 5. The molecule has 1 heterocycles. The summed E-state index contributed by atoms with van der Waals surface area (Å²) in [4.78, 5) is 26.9. The molecule has 1 aliphatic heterocycles. The van der Waals surface area contributed by atoms with E-state index in [4.69, 9.17) is 0 Å². The number of anilines is 2. The molecule has 2 aromatic rings. The molecule has 7 heteroatoms. The van der Waals surface area contributed by atoms with Crippen LogP contribution in [0.25, 0.3) is 0 Å². The molecule has 1 saturated heterocycles. The van der Waals surface area contributed by atoms with Crippen molar-refractivity contribution in [2.24, 2.45) is 0 Å². The van der Waals surface area contributed by atoms with Crippen molar-refractivity contribution in [3.05, 3.63) is 63.7 Å². The SMILES string of the molecule is CC[NH+]1CCN(c2ccc(NC(=O)c3ccc([N+](=O)[O-])c(C)c3)cc2)CC1. The summed E-state index contributed by atoms with van der Waals surface area (Å²) in [5, 5.41) is 13.7. The lowest BCUT2D eigenvalue weighted by Gasteiger charge is -2.33. The van der Waals surface area contributed by atoms with Crippen molar-refractivity contribution in [1.82, 2.24) is 0 Å². The summed E-state index contributed by atoms with van der Waals surface area (Å²) in [5.41, 5.74) is 2.75. The van der Waals surface area contributed by atoms with Gasteiger partial charge in [-0.15, -0.1) is 0 Å². The second kappa shape index (κ2) is 8.18. The molecule has 2 N–H and O–H groups in total. The maximum Gasteiger partial charge on any atom is 0.272 e. The molecule has 1 fully saturated rings. The highest BCUT2D eigenvalue weighted by molar-refractivity contribution is 6.04. The summed E-state index contributed by atoms with van der Waals surface area (Å²) in [5.74, 6) is -0.277. The Labute approximate surface area is 158 Å². The molecule has 0 radical (unpaired) electrons. The number of likely N-dealkylation sites (N-methyl/N-ethyl adjacent to an activating group) is 1. The van der Waals surface area contributed by atoms with Gasteiger partial charge in [0.05, 0.1) is 37.6 Å². The van der Waals surface area contributed by atoms with Crippen molar-refractivity contribution < 1.29 is 14.6 Å². The Morgan fingerprint density at radius 1 is 1.19 bits per heavy atom. The molecule has 7 nitrogen and oxygen atoms in total. The largest absolute Gasteiger partial charge is 0.360 e. The Balaban J connectivity index is 1.63. The van der Waals surface area contributed by atoms with Crippen LogP contribution in [0, 0.1) is 17.0 Å². The van der Waals surface area contributed by atoms with E-state index in [1.54, 1.807) is 11.8 Å². The van der Waals surface area contributed by atoms with E-state index in [9.17, 15) is 14.9 Å². The summed E-state index contributed by atoms with van der Waals surface area (Å²) in [6.45, 7) is 9.39. The first kappa shape index (κ1) is 18.8. The van der Waals surface area contributed by atoms with E-state index < -0.39 is 4.92 Å². The molecule has 2 aromatic carbocycles. The predicted octanol–water partition coefficient (Wildman–Crippen LogP) is 1.88. The van der Waals surface area contributed by atoms with Crippen LogP contribution in [-0.4, -0.2) is 43.6 Å². The van der Waals surface area contributed by atoms with Crippen molar-refractivity contribution in [1.29, 1.82) is 0 Å². The third kappa shape index (κ3) is 4.43. The van der Waals surface area contributed by atoms with Crippen LogP contribution in [0.1, 0.15) is 22.8 Å². The highest BCUT2D eigenvalue weighted by Gasteiger charge is 2.19. The molecular weight excluding hydrogens is 344 g/mol. The topological polar surface area (TPSA) is 79.9 Å². The molecule has 142 valence electrons. The number of carbonyl (C=O) groups excluding carboxylic acids is 1. The number of benzene rings is 2. The average Bonchev–Trinajstić information content (AvgIpc) is 2.68. The van der Waals surface area contributed by atoms with E-state index in [1.165, 1.54) is 24.7 Å². The van der Waals surface area contributed by atoms with E-state index >= 15 is 0 Å². The van der Waals surface area contributed by atoms with Crippen LogP contribution in [0.2, 0.25) is 0 Å². The predicted molar refractivity (Wildman–Crippen MR) is 106 cm³/mol. The number of aryl methyl sites for hydroxylation is 1. The fourth-order valence-corrected chi connectivity index (χ4v) is 3.40. The Kier molecular flexibility index (Phi) is 5.71. The maximum atomic E-state index is 12.4. The molecule has 1 amide bonds. The van der Waals surface area contributed by atoms with E-state index in [1.807, 2.05) is 24.3 Å². The van der Waals surface area contributed by atoms with Crippen molar-refractivity contribution in [2.75, 3.05) is 42.9 Å². The third-order valence-corrected chi connectivity index (χ3v) is 5.12. The molecular formula is C20H25N4O3+. The number of nitrogens with one attached hydrogen (secondary N) is 2. The summed E-state index contributed by atoms with van der Waals surface area (Å²) in [7, 11) is 0. The van der Waals surface area contributed by atoms with Crippen molar-refractivity contribution in [3.63, 3.8) is 0 Å². The summed E-state index contributed by atoms with van der Waals surface area (Å²) in [6.07, 6.45) is 0. The van der Waals surface area contributed by atoms with E-state index in [0.29, 0.717) is 16.8 Å². The minimum Gasteiger partial charge on any atom is -0.360 e. The molecule has 0 aliphatic carbocycles. The highest BCUT2D eigenvalue weighted by Crippen LogP contribution is 2.21. The van der Waals surface area contributed by atoms with Crippen molar-refractivity contribution in [3.8, 4) is 0 Å². The Hall–Kier alpha value is -2.93. The molecule has 0 atom stereocenters. The number of hydrogen-bond acceptors (Lipinski definition) is 4. The van der Waals surface area contributed by atoms with Gasteiger partial charge in [0.25, 0.3) is 11.6 Å². The summed E-state index contributed by atoms with van der Waals surface area (Å²) >= 11 is 0. The highest BCUT2D eigenvalue weighted by atomic mass is 16.6. The van der Waals surface area contributed by atoms with Gasteiger partial charge in [-0.1, -0.05) is 0 Å². The van der Waals surface area contributed by atoms with Crippen LogP contribution in [0.5, 0.6) is 0 Å². The van der Waals surface area contributed by atoms with Gasteiger partial charge in [-0.3, -0.25) is 14.9 Å². The summed E-state index contributed by atoms with van der Waals surface area (Å²) < 4.78 is 0. The maximum absolute atomic E-state index is 12.4. The van der Waals surface area contributed by atoms with E-state index in [0.717, 1.165) is 31.9 Å². The third-order valence-electron chi connectivity index (χ3n) is 5.12. The van der Waals surface area contributed by atoms with Crippen LogP contribution in [0.4, 0.5) is 17.1 Å². The van der Waals surface area contributed by atoms with Gasteiger partial charge >= 0.3 is 0 Å². The Morgan fingerprint density at radius 2 is 1.85 bits per heavy atom. The van der Waals surface area contributed by atoms with Gasteiger partial charge < -0.3 is 15.1 Å². The number of quaternary nitrogens is 1. The Morgan fingerprint density at radius 3 is 2.41 bits per heavy atom. The lowest BCUT2D eigenvalue weighted by molar-refractivity contribution is -0.898. The van der Waals surface area contributed by atoms with Gasteiger partial charge in [-0.2, -0.15) is 0 Å². The molecule has 3 rings (SSSR count). The first-order valence-corrected chi connectivity index (χ1v) is 9.23. The van der Waals surface area contributed by atoms with Crippen molar-refractivity contribution >= 4 is 23.0 Å². The van der Waals surface area contributed by atoms with Crippen LogP contribution in [0.15, 0.2) is 42.5 Å². The first-order chi connectivity index (χ1) is 13.0. The lowest BCUT2D eigenvalue weighted by atomic mass is 10.1. The normalized spacial score (nSPS) is 14.8. The van der Waals surface area contributed by atoms with Gasteiger partial charge in [-0.05, 0) is 50.2 Å². The minimum atomic E-state index is -0.447. The molecule has 0 spiro atoms. The van der Waals surface area contributed by atoms with Crippen LogP contribution in [0.3, 0.4) is 0 Å². The fourth-order valence-electron chi connectivity index (χ4n) is 3.40. The quantitative estimate of drug-likeness (QED) is 0.623. The fraction of sp³-hybridized carbons (Fsp3) is 0.350. The molecule has 27 heavy (non-hydrogen) atoms. The van der Waals surface area contributed by atoms with Crippen molar-refractivity contribution in [2.45, 2.75) is 13.8 Å². The zero-order valence-electron chi connectivity index (χ0n) is 15.7. The van der Waals surface area contributed by atoms with Crippen LogP contribution >= 0.6 is 0 Å². The van der Waals surface area contributed by atoms with Crippen LogP contribution in [-0.2, 0) is 0 Å². The zero-order chi connectivity index (χ0) is 19.4. The van der Waals surface area contributed by atoms with Gasteiger partial charge in [0.2, 0.25) is 0 Å². The molecule has 0 unspecified atom stereocenters. The molecule has 0 aromatic heterocycles. The van der Waals surface area contributed by atoms with Gasteiger partial charge in [0, 0.05) is 28.6 Å².